The molecule has 3 saturated heterocycles. The lowest BCUT2D eigenvalue weighted by Gasteiger charge is -2.44. The molecule has 116 heavy (non-hydrogen) atoms. The summed E-state index contributed by atoms with van der Waals surface area (Å²) in [6.07, 6.45) is -7.81. The van der Waals surface area contributed by atoms with Gasteiger partial charge in [-0.3, -0.25) is 71.9 Å². The van der Waals surface area contributed by atoms with E-state index in [1.807, 2.05) is 0 Å². The van der Waals surface area contributed by atoms with Gasteiger partial charge < -0.3 is 117 Å². The summed E-state index contributed by atoms with van der Waals surface area (Å²) in [7, 11) is 0. The summed E-state index contributed by atoms with van der Waals surface area (Å²) in [6, 6.07) is -3.36. The van der Waals surface area contributed by atoms with Crippen molar-refractivity contribution in [3.8, 4) is 0 Å². The fourth-order valence-corrected chi connectivity index (χ4v) is 12.4. The van der Waals surface area contributed by atoms with Crippen LogP contribution < -0.4 is 31.9 Å². The van der Waals surface area contributed by atoms with Gasteiger partial charge in [-0.2, -0.15) is 0 Å². The van der Waals surface area contributed by atoms with Gasteiger partial charge in [-0.05, 0) is 44.1 Å². The standard InChI is InChI=1S/C74H119N9O33/c1-44(84)80-62-68(111-53(10)93)65(108-50(7)90)56(37-105-47(4)87)114-71(62)102-31-22-16-13-19-28-76-59(96)25-34-99-41-74(40-79-83-75,42-100-35-26-60(97)77-29-20-14-17-23-32-103-72-63(81-45(2)85)69(112-54(11)94)66(109-51(8)91)57(115-72)38-106-48(5)88)43-101-36-27-61(98)78-30-21-15-18-24-33-104-73-64(82-46(3)86)70(113-55(12)95)67(110-52(9)92)58(116-73)39-107-49(6)89/h56-58,62-73H,13-43H2,1-12H3,(H,76,96)(H,77,97)(H,78,98)(H,80,84)(H,81,85)(H,82,86)/t56?,57?,58?,62?,63?,64?,65-,66-,67-,68?,69?,70?,71+,72+,73+,74?/m0/s1. The highest BCUT2D eigenvalue weighted by Crippen LogP contribution is 2.32. The zero-order valence-electron chi connectivity index (χ0n) is 68.4. The Labute approximate surface area is 673 Å². The van der Waals surface area contributed by atoms with Crippen LogP contribution in [-0.2, 0) is 157 Å². The molecule has 3 rings (SSSR count). The van der Waals surface area contributed by atoms with Crippen LogP contribution >= 0.6 is 0 Å². The van der Waals surface area contributed by atoms with Gasteiger partial charge in [-0.15, -0.1) is 0 Å². The van der Waals surface area contributed by atoms with Crippen molar-refractivity contribution < 1.29 is 157 Å². The number of carbonyl (C=O) groups is 15. The Morgan fingerprint density at radius 1 is 0.336 bits per heavy atom. The van der Waals surface area contributed by atoms with E-state index in [-0.39, 0.29) is 123 Å². The number of amides is 6. The van der Waals surface area contributed by atoms with Crippen molar-refractivity contribution in [2.45, 2.75) is 271 Å². The maximum atomic E-state index is 13.1. The Balaban J connectivity index is 1.58. The zero-order valence-corrected chi connectivity index (χ0v) is 68.4. The lowest BCUT2D eigenvalue weighted by atomic mass is 9.91. The molecule has 0 aromatic heterocycles. The molecule has 3 fully saturated rings. The van der Waals surface area contributed by atoms with Crippen LogP contribution in [0.25, 0.3) is 10.4 Å². The van der Waals surface area contributed by atoms with Crippen LogP contribution in [0.1, 0.15) is 179 Å². The summed E-state index contributed by atoms with van der Waals surface area (Å²) in [5.74, 6) is -8.97. The lowest BCUT2D eigenvalue weighted by Crippen LogP contribution is -2.66. The average molecular weight is 1660 g/mol. The van der Waals surface area contributed by atoms with Gasteiger partial charge in [0.2, 0.25) is 35.4 Å². The first kappa shape index (κ1) is 101. The van der Waals surface area contributed by atoms with Gasteiger partial charge in [-0.25, -0.2) is 0 Å². The summed E-state index contributed by atoms with van der Waals surface area (Å²) in [4.78, 5) is 187. The van der Waals surface area contributed by atoms with Crippen molar-refractivity contribution >= 4 is 89.2 Å². The molecular formula is C74H119N9O33. The molecule has 6 amide bonds. The van der Waals surface area contributed by atoms with Crippen molar-refractivity contribution in [1.82, 2.24) is 31.9 Å². The number of ether oxygens (including phenoxy) is 18. The molecule has 42 nitrogen and oxygen atoms in total. The number of rotatable bonds is 56. The van der Waals surface area contributed by atoms with Gasteiger partial charge >= 0.3 is 53.7 Å². The average Bonchev–Trinajstić information content (AvgIpc) is 0.798. The normalized spacial score (nSPS) is 23.3. The molecule has 0 aliphatic carbocycles. The van der Waals surface area contributed by atoms with Crippen molar-refractivity contribution in [2.75, 3.05) is 105 Å². The lowest BCUT2D eigenvalue weighted by molar-refractivity contribution is -0.277. The third-order valence-corrected chi connectivity index (χ3v) is 17.4. The number of nitrogens with one attached hydrogen (secondary N) is 6. The van der Waals surface area contributed by atoms with Crippen molar-refractivity contribution in [2.24, 2.45) is 10.5 Å². The number of esters is 9. The molecule has 0 spiro atoms. The molecule has 3 aliphatic rings. The van der Waals surface area contributed by atoms with Crippen LogP contribution in [0.4, 0.5) is 0 Å². The second-order valence-corrected chi connectivity index (χ2v) is 27.9. The zero-order chi connectivity index (χ0) is 86.1. The fraction of sp³-hybridized carbons (Fsp3) is 0.797. The van der Waals surface area contributed by atoms with E-state index >= 15 is 0 Å². The van der Waals surface area contributed by atoms with Crippen LogP contribution in [0, 0.1) is 5.41 Å². The molecule has 0 saturated carbocycles. The number of unbranched alkanes of at least 4 members (excludes halogenated alkanes) is 9. The van der Waals surface area contributed by atoms with Gasteiger partial charge in [0.05, 0.1) is 39.6 Å². The molecule has 0 radical (unpaired) electrons. The number of nitrogens with zero attached hydrogens (tertiary/aromatic N) is 3. The largest absolute Gasteiger partial charge is 0.463 e. The minimum Gasteiger partial charge on any atom is -0.463 e. The summed E-state index contributed by atoms with van der Waals surface area (Å²) >= 11 is 0. The number of azide groups is 1. The molecule has 3 heterocycles. The first-order chi connectivity index (χ1) is 55.1. The summed E-state index contributed by atoms with van der Waals surface area (Å²) in [5.41, 5.74) is 8.34. The number of hydrogen-bond donors (Lipinski definition) is 6. The molecule has 9 unspecified atom stereocenters. The number of hydrogen-bond acceptors (Lipinski definition) is 34. The first-order valence-corrected chi connectivity index (χ1v) is 38.7. The summed E-state index contributed by atoms with van der Waals surface area (Å²) < 4.78 is 103. The highest BCUT2D eigenvalue weighted by atomic mass is 16.7. The van der Waals surface area contributed by atoms with Crippen LogP contribution in [-0.4, -0.2) is 287 Å². The monoisotopic (exact) mass is 1660 g/mol. The van der Waals surface area contributed by atoms with Crippen LogP contribution in [0.5, 0.6) is 0 Å². The third-order valence-electron chi connectivity index (χ3n) is 17.4. The van der Waals surface area contributed by atoms with E-state index in [0.29, 0.717) is 96.7 Å². The highest BCUT2D eigenvalue weighted by Gasteiger charge is 2.54. The van der Waals surface area contributed by atoms with Gasteiger partial charge in [-0.1, -0.05) is 43.6 Å². The minimum absolute atomic E-state index is 0.0658. The van der Waals surface area contributed by atoms with Crippen molar-refractivity contribution in [3.63, 3.8) is 0 Å². The third kappa shape index (κ3) is 42.2. The number of carbonyl (C=O) groups excluding carboxylic acids is 15. The van der Waals surface area contributed by atoms with Gasteiger partial charge in [0, 0.05) is 159 Å². The highest BCUT2D eigenvalue weighted by molar-refractivity contribution is 5.78. The molecule has 0 aromatic rings. The van der Waals surface area contributed by atoms with E-state index in [1.165, 1.54) is 41.5 Å². The van der Waals surface area contributed by atoms with E-state index in [9.17, 15) is 77.4 Å². The Kier molecular flexibility index (Phi) is 49.2. The minimum atomic E-state index is -1.27. The van der Waals surface area contributed by atoms with Gasteiger partial charge in [0.1, 0.15) is 56.3 Å². The second-order valence-electron chi connectivity index (χ2n) is 27.9. The Hall–Kier alpha value is -9.00. The maximum absolute atomic E-state index is 13.1. The van der Waals surface area contributed by atoms with Crippen molar-refractivity contribution in [3.05, 3.63) is 10.4 Å². The quantitative estimate of drug-likeness (QED) is 0.0126. The molecule has 6 N–H and O–H groups in total. The van der Waals surface area contributed by atoms with E-state index in [0.717, 1.165) is 41.5 Å². The van der Waals surface area contributed by atoms with Crippen LogP contribution in [0.3, 0.4) is 0 Å². The Bertz CT molecular complexity index is 2890. The molecule has 658 valence electrons. The van der Waals surface area contributed by atoms with E-state index < -0.39 is 169 Å². The van der Waals surface area contributed by atoms with Gasteiger partial charge in [0.25, 0.3) is 0 Å². The molecule has 15 atom stereocenters. The predicted molar refractivity (Wildman–Crippen MR) is 397 cm³/mol. The fourth-order valence-electron chi connectivity index (χ4n) is 12.4. The molecule has 42 heteroatoms. The van der Waals surface area contributed by atoms with Crippen LogP contribution in [0.15, 0.2) is 5.11 Å². The molecule has 0 aromatic carbocycles. The molecule has 3 aliphatic heterocycles. The van der Waals surface area contributed by atoms with E-state index in [2.05, 4.69) is 41.9 Å². The summed E-state index contributed by atoms with van der Waals surface area (Å²) in [6.45, 7) is 13.2. The molecule has 0 bridgehead atoms. The predicted octanol–water partition coefficient (Wildman–Crippen LogP) is 1.55. The topological polar surface area (TPSA) is 543 Å². The second kappa shape index (κ2) is 56.4. The Morgan fingerprint density at radius 2 is 0.586 bits per heavy atom. The van der Waals surface area contributed by atoms with Gasteiger partial charge in [0.15, 0.2) is 55.5 Å². The maximum Gasteiger partial charge on any atom is 0.303 e. The smallest absolute Gasteiger partial charge is 0.303 e. The first-order valence-electron chi connectivity index (χ1n) is 38.7. The van der Waals surface area contributed by atoms with E-state index in [4.69, 9.17) is 85.3 Å². The Morgan fingerprint density at radius 3 is 0.819 bits per heavy atom. The van der Waals surface area contributed by atoms with E-state index in [1.54, 1.807) is 0 Å². The molecular weight excluding hydrogens is 1540 g/mol. The summed E-state index contributed by atoms with van der Waals surface area (Å²) in [5, 5.41) is 20.3. The van der Waals surface area contributed by atoms with Crippen molar-refractivity contribution in [1.29, 1.82) is 0 Å². The van der Waals surface area contributed by atoms with Crippen LogP contribution in [0.2, 0.25) is 0 Å². The SMILES string of the molecule is CC(=O)NC1C(OC(C)=O)[C@@H](OC(C)=O)C(COC(C)=O)O[C@H]1OCCCCCCNC(=O)CCOCC(CN=[N+]=[N-])(COCCC(=O)NCCCCCCO[C@@H]1OC(COC(C)=O)[C@H](OC(C)=O)C(OC(C)=O)C1NC(C)=O)COCCC(=O)NCCCCCCO[C@@H]1OC(COC(C)=O)[C@H](OC(C)=O)C(OC(C)=O)C1NC(C)=O.